The molecule has 0 aromatic heterocycles. The van der Waals surface area contributed by atoms with Crippen LogP contribution in [-0.4, -0.2) is 15.5 Å². The molecule has 64 valence electrons. The Labute approximate surface area is 71.4 Å². The van der Waals surface area contributed by atoms with Gasteiger partial charge in [-0.2, -0.15) is 0 Å². The van der Waals surface area contributed by atoms with Crippen molar-refractivity contribution in [2.45, 2.75) is 38.4 Å². The SMILES string of the molecule is CC(C)(C)[S@@+]([O-])/N=C/C1CC1. The van der Waals surface area contributed by atoms with Gasteiger partial charge < -0.3 is 4.55 Å². The van der Waals surface area contributed by atoms with E-state index in [1.807, 2.05) is 27.0 Å². The van der Waals surface area contributed by atoms with Gasteiger partial charge in [-0.05, 0) is 39.5 Å². The van der Waals surface area contributed by atoms with Gasteiger partial charge in [0.1, 0.15) is 16.1 Å². The lowest BCUT2D eigenvalue weighted by Gasteiger charge is -2.17. The summed E-state index contributed by atoms with van der Waals surface area (Å²) >= 11 is -1.05. The Morgan fingerprint density at radius 1 is 1.45 bits per heavy atom. The molecular formula is C8H15NOS. The van der Waals surface area contributed by atoms with Gasteiger partial charge in [0, 0.05) is 0 Å². The summed E-state index contributed by atoms with van der Waals surface area (Å²) in [4.78, 5) is 0. The fraction of sp³-hybridized carbons (Fsp3) is 0.875. The summed E-state index contributed by atoms with van der Waals surface area (Å²) in [6.07, 6.45) is 4.30. The molecule has 1 atom stereocenters. The summed E-state index contributed by atoms with van der Waals surface area (Å²) in [5.74, 6) is 0.626. The van der Waals surface area contributed by atoms with Crippen molar-refractivity contribution in [2.24, 2.45) is 10.3 Å². The summed E-state index contributed by atoms with van der Waals surface area (Å²) in [6, 6.07) is 0. The van der Waals surface area contributed by atoms with E-state index in [0.29, 0.717) is 5.92 Å². The highest BCUT2D eigenvalue weighted by Crippen LogP contribution is 2.27. The minimum atomic E-state index is -1.05. The van der Waals surface area contributed by atoms with E-state index < -0.39 is 11.4 Å². The molecule has 11 heavy (non-hydrogen) atoms. The zero-order valence-corrected chi connectivity index (χ0v) is 8.15. The smallest absolute Gasteiger partial charge is 0.144 e. The third kappa shape index (κ3) is 3.25. The van der Waals surface area contributed by atoms with Crippen molar-refractivity contribution < 1.29 is 4.55 Å². The first kappa shape index (κ1) is 9.07. The molecule has 0 aromatic rings. The van der Waals surface area contributed by atoms with Crippen LogP contribution < -0.4 is 0 Å². The summed E-state index contributed by atoms with van der Waals surface area (Å²) in [5.41, 5.74) is 0. The fourth-order valence-electron chi connectivity index (χ4n) is 0.545. The van der Waals surface area contributed by atoms with Crippen LogP contribution >= 0.6 is 0 Å². The molecule has 0 amide bonds. The van der Waals surface area contributed by atoms with Gasteiger partial charge in [0.2, 0.25) is 0 Å². The second kappa shape index (κ2) is 3.15. The molecule has 0 unspecified atom stereocenters. The molecule has 3 heteroatoms. The fourth-order valence-corrected chi connectivity index (χ4v) is 1.14. The summed E-state index contributed by atoms with van der Waals surface area (Å²) < 4.78 is 15.1. The average Bonchev–Trinajstić information content (AvgIpc) is 2.62. The first-order valence-electron chi connectivity index (χ1n) is 3.96. The maximum atomic E-state index is 11.3. The largest absolute Gasteiger partial charge is 0.591 e. The van der Waals surface area contributed by atoms with Crippen LogP contribution in [0, 0.1) is 5.92 Å². The molecule has 1 rings (SSSR count). The molecule has 1 fully saturated rings. The van der Waals surface area contributed by atoms with Crippen LogP contribution in [-0.2, 0) is 11.4 Å². The zero-order valence-electron chi connectivity index (χ0n) is 7.33. The van der Waals surface area contributed by atoms with Crippen molar-refractivity contribution in [3.8, 4) is 0 Å². The van der Waals surface area contributed by atoms with Crippen LogP contribution in [0.4, 0.5) is 0 Å². The highest BCUT2D eigenvalue weighted by atomic mass is 32.2. The number of hydrogen-bond donors (Lipinski definition) is 0. The van der Waals surface area contributed by atoms with Crippen LogP contribution in [0.1, 0.15) is 33.6 Å². The van der Waals surface area contributed by atoms with E-state index in [1.165, 1.54) is 12.8 Å². The van der Waals surface area contributed by atoms with Crippen molar-refractivity contribution in [3.05, 3.63) is 0 Å². The van der Waals surface area contributed by atoms with E-state index in [1.54, 1.807) is 0 Å². The van der Waals surface area contributed by atoms with E-state index in [4.69, 9.17) is 0 Å². The van der Waals surface area contributed by atoms with Crippen molar-refractivity contribution in [2.75, 3.05) is 0 Å². The number of hydrogen-bond acceptors (Lipinski definition) is 2. The minimum Gasteiger partial charge on any atom is -0.591 e. The van der Waals surface area contributed by atoms with Gasteiger partial charge in [-0.1, -0.05) is 4.40 Å². The molecule has 0 saturated heterocycles. The monoisotopic (exact) mass is 173 g/mol. The Kier molecular flexibility index (Phi) is 2.60. The highest BCUT2D eigenvalue weighted by Gasteiger charge is 2.27. The van der Waals surface area contributed by atoms with Crippen LogP contribution in [0.2, 0.25) is 0 Å². The summed E-state index contributed by atoms with van der Waals surface area (Å²) in [6.45, 7) is 5.81. The van der Waals surface area contributed by atoms with Gasteiger partial charge in [-0.25, -0.2) is 0 Å². The molecule has 1 aliphatic rings. The van der Waals surface area contributed by atoms with Gasteiger partial charge in [-0.15, -0.1) is 0 Å². The Morgan fingerprint density at radius 3 is 2.36 bits per heavy atom. The highest BCUT2D eigenvalue weighted by molar-refractivity contribution is 7.91. The minimum absolute atomic E-state index is 0.203. The number of nitrogens with zero attached hydrogens (tertiary/aromatic N) is 1. The lowest BCUT2D eigenvalue weighted by Crippen LogP contribution is -2.25. The second-order valence-electron chi connectivity index (χ2n) is 3.95. The molecule has 1 aliphatic carbocycles. The second-order valence-corrected chi connectivity index (χ2v) is 5.89. The van der Waals surface area contributed by atoms with Gasteiger partial charge in [0.05, 0.1) is 6.21 Å². The first-order chi connectivity index (χ1) is 5.00. The van der Waals surface area contributed by atoms with E-state index in [9.17, 15) is 4.55 Å². The Balaban J connectivity index is 2.34. The Hall–Kier alpha value is -0.0200. The molecule has 1 saturated carbocycles. The van der Waals surface area contributed by atoms with Crippen molar-refractivity contribution in [1.29, 1.82) is 0 Å². The third-order valence-electron chi connectivity index (χ3n) is 1.51. The lowest BCUT2D eigenvalue weighted by atomic mass is 10.3. The van der Waals surface area contributed by atoms with Crippen LogP contribution in [0.3, 0.4) is 0 Å². The van der Waals surface area contributed by atoms with Crippen molar-refractivity contribution in [3.63, 3.8) is 0 Å². The molecule has 0 spiro atoms. The van der Waals surface area contributed by atoms with Crippen LogP contribution in [0.25, 0.3) is 0 Å². The average molecular weight is 173 g/mol. The summed E-state index contributed by atoms with van der Waals surface area (Å²) in [5, 5.41) is 0. The van der Waals surface area contributed by atoms with E-state index in [-0.39, 0.29) is 4.75 Å². The van der Waals surface area contributed by atoms with Crippen molar-refractivity contribution in [1.82, 2.24) is 0 Å². The molecule has 0 heterocycles. The molecule has 0 bridgehead atoms. The molecule has 0 aliphatic heterocycles. The predicted molar refractivity (Wildman–Crippen MR) is 49.1 cm³/mol. The number of rotatable bonds is 2. The van der Waals surface area contributed by atoms with E-state index in [2.05, 4.69) is 4.40 Å². The summed E-state index contributed by atoms with van der Waals surface area (Å²) in [7, 11) is 0. The molecule has 0 N–H and O–H groups in total. The molecule has 2 nitrogen and oxygen atoms in total. The van der Waals surface area contributed by atoms with Crippen LogP contribution in [0.5, 0.6) is 0 Å². The lowest BCUT2D eigenvalue weighted by molar-refractivity contribution is 0.561. The normalized spacial score (nSPS) is 22.5. The maximum absolute atomic E-state index is 11.3. The molecular weight excluding hydrogens is 158 g/mol. The van der Waals surface area contributed by atoms with Crippen LogP contribution in [0.15, 0.2) is 4.40 Å². The molecule has 0 aromatic carbocycles. The van der Waals surface area contributed by atoms with Gasteiger partial charge in [0.15, 0.2) is 0 Å². The topological polar surface area (TPSA) is 35.4 Å². The predicted octanol–water partition coefficient (Wildman–Crippen LogP) is 1.93. The maximum Gasteiger partial charge on any atom is 0.144 e. The Morgan fingerprint density at radius 2 is 2.00 bits per heavy atom. The first-order valence-corrected chi connectivity index (χ1v) is 5.07. The van der Waals surface area contributed by atoms with Crippen molar-refractivity contribution >= 4 is 17.6 Å². The van der Waals surface area contributed by atoms with Gasteiger partial charge >= 0.3 is 0 Å². The quantitative estimate of drug-likeness (QED) is 0.464. The van der Waals surface area contributed by atoms with E-state index >= 15 is 0 Å². The third-order valence-corrected chi connectivity index (χ3v) is 2.87. The van der Waals surface area contributed by atoms with Gasteiger partial charge in [0.25, 0.3) is 0 Å². The standard InChI is InChI=1S/C8H15NOS/c1-8(2,3)11(10)9-6-7-4-5-7/h6-7H,4-5H2,1-3H3/b9-6+/t11-/m1/s1. The van der Waals surface area contributed by atoms with E-state index in [0.717, 1.165) is 0 Å². The van der Waals surface area contributed by atoms with Gasteiger partial charge in [-0.3, -0.25) is 0 Å². The molecule has 0 radical (unpaired) electrons. The zero-order chi connectivity index (χ0) is 8.48. The Bertz CT molecular complexity index is 158.